The monoisotopic (exact) mass is 156 g/mol. The highest BCUT2D eigenvalue weighted by Gasteiger charge is 2.56. The van der Waals surface area contributed by atoms with Crippen LogP contribution in [-0.4, -0.2) is 23.3 Å². The molecule has 1 aliphatic carbocycles. The van der Waals surface area contributed by atoms with Gasteiger partial charge in [0.05, 0.1) is 17.6 Å². The Labute approximate surface area is 65.4 Å². The molecule has 1 aliphatic heterocycles. The Hall–Kier alpha value is -0.570. The minimum Gasteiger partial charge on any atom is -0.481 e. The predicted octanol–water partition coefficient (Wildman–Crippen LogP) is 1.03. The summed E-state index contributed by atoms with van der Waals surface area (Å²) < 4.78 is 5.44. The lowest BCUT2D eigenvalue weighted by atomic mass is 9.82. The Kier molecular flexibility index (Phi) is 1.27. The fraction of sp³-hybridized carbons (Fsp3) is 0.875. The summed E-state index contributed by atoms with van der Waals surface area (Å²) in [5.41, 5.74) is -0.537. The third-order valence-corrected chi connectivity index (χ3v) is 3.11. The highest BCUT2D eigenvalue weighted by molar-refractivity contribution is 5.76. The second-order valence-electron chi connectivity index (χ2n) is 3.60. The SMILES string of the molecule is CC1OC2CCC1(C(=O)O)C2. The van der Waals surface area contributed by atoms with Gasteiger partial charge in [0.15, 0.2) is 0 Å². The first-order valence-corrected chi connectivity index (χ1v) is 4.04. The molecule has 2 aliphatic rings. The van der Waals surface area contributed by atoms with Crippen molar-refractivity contribution in [1.29, 1.82) is 0 Å². The number of fused-ring (bicyclic) bond motifs is 2. The largest absolute Gasteiger partial charge is 0.481 e. The van der Waals surface area contributed by atoms with E-state index in [0.29, 0.717) is 0 Å². The second kappa shape index (κ2) is 1.97. The van der Waals surface area contributed by atoms with E-state index in [2.05, 4.69) is 0 Å². The molecule has 3 heteroatoms. The molecule has 0 aromatic carbocycles. The molecule has 2 bridgehead atoms. The first kappa shape index (κ1) is 7.10. The number of hydrogen-bond acceptors (Lipinski definition) is 2. The molecular formula is C8H12O3. The molecule has 11 heavy (non-hydrogen) atoms. The summed E-state index contributed by atoms with van der Waals surface area (Å²) in [5.74, 6) is -0.676. The average molecular weight is 156 g/mol. The van der Waals surface area contributed by atoms with Gasteiger partial charge in [-0.15, -0.1) is 0 Å². The Bertz CT molecular complexity index is 202. The highest BCUT2D eigenvalue weighted by atomic mass is 16.5. The van der Waals surface area contributed by atoms with Crippen molar-refractivity contribution in [3.8, 4) is 0 Å². The standard InChI is InChI=1S/C8H12O3/c1-5-8(7(9)10)3-2-6(4-8)11-5/h5-6H,2-4H2,1H3,(H,9,10). The van der Waals surface area contributed by atoms with Gasteiger partial charge >= 0.3 is 5.97 Å². The van der Waals surface area contributed by atoms with Crippen molar-refractivity contribution in [3.63, 3.8) is 0 Å². The van der Waals surface area contributed by atoms with Gasteiger partial charge in [-0.05, 0) is 26.2 Å². The number of aliphatic carboxylic acids is 1. The molecule has 3 unspecified atom stereocenters. The molecule has 62 valence electrons. The summed E-state index contributed by atoms with van der Waals surface area (Å²) in [6, 6.07) is 0. The van der Waals surface area contributed by atoms with E-state index in [0.717, 1.165) is 19.3 Å². The van der Waals surface area contributed by atoms with Crippen LogP contribution in [-0.2, 0) is 9.53 Å². The van der Waals surface area contributed by atoms with E-state index >= 15 is 0 Å². The van der Waals surface area contributed by atoms with E-state index in [4.69, 9.17) is 9.84 Å². The maximum Gasteiger partial charge on any atom is 0.312 e. The third-order valence-electron chi connectivity index (χ3n) is 3.11. The first-order valence-electron chi connectivity index (χ1n) is 4.04. The van der Waals surface area contributed by atoms with Gasteiger partial charge in [-0.3, -0.25) is 4.79 Å². The van der Waals surface area contributed by atoms with Crippen molar-refractivity contribution in [3.05, 3.63) is 0 Å². The van der Waals surface area contributed by atoms with Crippen LogP contribution in [0.25, 0.3) is 0 Å². The molecule has 0 aromatic rings. The maximum absolute atomic E-state index is 10.9. The molecule has 0 amide bonds. The minimum absolute atomic E-state index is 0.0845. The van der Waals surface area contributed by atoms with E-state index in [-0.39, 0.29) is 12.2 Å². The van der Waals surface area contributed by atoms with Crippen LogP contribution >= 0.6 is 0 Å². The summed E-state index contributed by atoms with van der Waals surface area (Å²) in [4.78, 5) is 10.9. The number of carboxylic acid groups (broad SMARTS) is 1. The Morgan fingerprint density at radius 2 is 2.45 bits per heavy atom. The average Bonchev–Trinajstić information content (AvgIpc) is 2.43. The molecule has 2 fully saturated rings. The second-order valence-corrected chi connectivity index (χ2v) is 3.60. The highest BCUT2D eigenvalue weighted by Crippen LogP contribution is 2.50. The molecule has 1 saturated heterocycles. The predicted molar refractivity (Wildman–Crippen MR) is 38.3 cm³/mol. The van der Waals surface area contributed by atoms with E-state index in [1.54, 1.807) is 0 Å². The van der Waals surface area contributed by atoms with Crippen LogP contribution in [0.5, 0.6) is 0 Å². The van der Waals surface area contributed by atoms with Gasteiger partial charge in [0.1, 0.15) is 0 Å². The summed E-state index contributed by atoms with van der Waals surface area (Å²) in [6.45, 7) is 1.87. The van der Waals surface area contributed by atoms with Gasteiger partial charge < -0.3 is 9.84 Å². The third kappa shape index (κ3) is 0.745. The lowest BCUT2D eigenvalue weighted by Gasteiger charge is -2.27. The van der Waals surface area contributed by atoms with Crippen LogP contribution in [0.3, 0.4) is 0 Å². The summed E-state index contributed by atoms with van der Waals surface area (Å²) in [5, 5.41) is 8.98. The molecule has 1 heterocycles. The Balaban J connectivity index is 2.29. The van der Waals surface area contributed by atoms with Gasteiger partial charge in [-0.25, -0.2) is 0 Å². The van der Waals surface area contributed by atoms with Crippen molar-refractivity contribution in [2.45, 2.75) is 38.4 Å². The molecule has 0 spiro atoms. The number of rotatable bonds is 1. The normalized spacial score (nSPS) is 48.1. The number of carbonyl (C=O) groups is 1. The van der Waals surface area contributed by atoms with Gasteiger partial charge in [0.2, 0.25) is 0 Å². The molecule has 3 nitrogen and oxygen atoms in total. The van der Waals surface area contributed by atoms with Crippen molar-refractivity contribution in [1.82, 2.24) is 0 Å². The van der Waals surface area contributed by atoms with Crippen LogP contribution in [0, 0.1) is 5.41 Å². The summed E-state index contributed by atoms with van der Waals surface area (Å²) >= 11 is 0. The van der Waals surface area contributed by atoms with Crippen LogP contribution < -0.4 is 0 Å². The maximum atomic E-state index is 10.9. The van der Waals surface area contributed by atoms with E-state index in [9.17, 15) is 4.79 Å². The molecule has 0 aromatic heterocycles. The number of hydrogen-bond donors (Lipinski definition) is 1. The van der Waals surface area contributed by atoms with Crippen molar-refractivity contribution in [2.24, 2.45) is 5.41 Å². The number of ether oxygens (including phenoxy) is 1. The quantitative estimate of drug-likeness (QED) is 0.616. The molecule has 1 saturated carbocycles. The van der Waals surface area contributed by atoms with E-state index in [1.165, 1.54) is 0 Å². The summed E-state index contributed by atoms with van der Waals surface area (Å²) in [7, 11) is 0. The van der Waals surface area contributed by atoms with Crippen molar-refractivity contribution < 1.29 is 14.6 Å². The van der Waals surface area contributed by atoms with Gasteiger partial charge in [0.25, 0.3) is 0 Å². The molecule has 1 N–H and O–H groups in total. The van der Waals surface area contributed by atoms with Gasteiger partial charge in [-0.2, -0.15) is 0 Å². The van der Waals surface area contributed by atoms with Crippen LogP contribution in [0.2, 0.25) is 0 Å². The number of carboxylic acids is 1. The molecule has 2 rings (SSSR count). The van der Waals surface area contributed by atoms with Crippen LogP contribution in [0.4, 0.5) is 0 Å². The van der Waals surface area contributed by atoms with Crippen molar-refractivity contribution >= 4 is 5.97 Å². The zero-order valence-corrected chi connectivity index (χ0v) is 6.54. The minimum atomic E-state index is -0.676. The summed E-state index contributed by atoms with van der Waals surface area (Å²) in [6.07, 6.45) is 2.59. The fourth-order valence-electron chi connectivity index (χ4n) is 2.30. The lowest BCUT2D eigenvalue weighted by Crippen LogP contribution is -2.37. The Morgan fingerprint density at radius 1 is 1.73 bits per heavy atom. The van der Waals surface area contributed by atoms with Crippen molar-refractivity contribution in [2.75, 3.05) is 0 Å². The zero-order valence-electron chi connectivity index (χ0n) is 6.54. The smallest absolute Gasteiger partial charge is 0.312 e. The molecular weight excluding hydrogens is 144 g/mol. The van der Waals surface area contributed by atoms with E-state index < -0.39 is 11.4 Å². The van der Waals surface area contributed by atoms with E-state index in [1.807, 2.05) is 6.92 Å². The van der Waals surface area contributed by atoms with Crippen LogP contribution in [0.15, 0.2) is 0 Å². The van der Waals surface area contributed by atoms with Gasteiger partial charge in [-0.1, -0.05) is 0 Å². The topological polar surface area (TPSA) is 46.5 Å². The lowest BCUT2D eigenvalue weighted by molar-refractivity contribution is -0.154. The van der Waals surface area contributed by atoms with Gasteiger partial charge in [0, 0.05) is 0 Å². The molecule has 3 atom stereocenters. The van der Waals surface area contributed by atoms with Crippen LogP contribution in [0.1, 0.15) is 26.2 Å². The molecule has 0 radical (unpaired) electrons. The zero-order chi connectivity index (χ0) is 8.06. The Morgan fingerprint density at radius 3 is 2.73 bits per heavy atom. The first-order chi connectivity index (χ1) is 5.15. The fourth-order valence-corrected chi connectivity index (χ4v) is 2.30.